The highest BCUT2D eigenvalue weighted by Crippen LogP contribution is 2.13. The van der Waals surface area contributed by atoms with Gasteiger partial charge in [-0.05, 0) is 44.4 Å². The molecule has 0 radical (unpaired) electrons. The lowest BCUT2D eigenvalue weighted by atomic mass is 10.0. The number of piperidine rings is 1. The summed E-state index contributed by atoms with van der Waals surface area (Å²) >= 11 is 0. The number of anilines is 1. The fraction of sp³-hybridized carbons (Fsp3) is 0.409. The number of rotatable bonds is 6. The number of ether oxygens (including phenoxy) is 1. The van der Waals surface area contributed by atoms with Gasteiger partial charge >= 0.3 is 6.09 Å². The lowest BCUT2D eigenvalue weighted by Crippen LogP contribution is -2.46. The minimum atomic E-state index is -0.282. The molecule has 2 amide bonds. The third-order valence-electron chi connectivity index (χ3n) is 4.98. The topological polar surface area (TPSA) is 83.6 Å². The summed E-state index contributed by atoms with van der Waals surface area (Å²) in [5.74, 6) is 0.585. The van der Waals surface area contributed by atoms with Crippen LogP contribution in [0.4, 0.5) is 10.6 Å². The summed E-state index contributed by atoms with van der Waals surface area (Å²) in [4.78, 5) is 30.2. The number of nitrogens with zero attached hydrogens (tertiary/aromatic N) is 2. The van der Waals surface area contributed by atoms with Crippen LogP contribution in [0, 0.1) is 6.92 Å². The van der Waals surface area contributed by atoms with Crippen molar-refractivity contribution in [1.82, 2.24) is 15.2 Å². The van der Waals surface area contributed by atoms with Gasteiger partial charge in [-0.15, -0.1) is 0 Å². The van der Waals surface area contributed by atoms with Crippen molar-refractivity contribution < 1.29 is 14.3 Å². The molecule has 1 aromatic heterocycles. The van der Waals surface area contributed by atoms with E-state index in [0.29, 0.717) is 44.6 Å². The van der Waals surface area contributed by atoms with Crippen molar-refractivity contribution >= 4 is 17.8 Å². The number of hydrogen-bond donors (Lipinski definition) is 2. The second kappa shape index (κ2) is 9.91. The number of carbonyl (C=O) groups excluding carboxylic acids is 2. The third-order valence-corrected chi connectivity index (χ3v) is 4.98. The molecule has 3 rings (SSSR count). The number of aromatic nitrogens is 1. The van der Waals surface area contributed by atoms with Crippen LogP contribution in [-0.2, 0) is 11.3 Å². The molecule has 1 saturated heterocycles. The molecule has 0 bridgehead atoms. The van der Waals surface area contributed by atoms with Crippen molar-refractivity contribution in [3.8, 4) is 0 Å². The molecule has 1 aliphatic rings. The lowest BCUT2D eigenvalue weighted by Gasteiger charge is -2.31. The zero-order chi connectivity index (χ0) is 20.6. The maximum absolute atomic E-state index is 12.5. The molecular formula is C22H28N4O3. The first kappa shape index (κ1) is 20.6. The van der Waals surface area contributed by atoms with E-state index in [1.54, 1.807) is 24.1 Å². The Balaban J connectivity index is 1.45. The number of pyridine rings is 1. The van der Waals surface area contributed by atoms with E-state index in [0.717, 1.165) is 5.82 Å². The van der Waals surface area contributed by atoms with Gasteiger partial charge < -0.3 is 20.3 Å². The van der Waals surface area contributed by atoms with E-state index in [2.05, 4.69) is 46.8 Å². The zero-order valence-corrected chi connectivity index (χ0v) is 17.0. The van der Waals surface area contributed by atoms with Crippen LogP contribution in [0.2, 0.25) is 0 Å². The predicted octanol–water partition coefficient (Wildman–Crippen LogP) is 3.35. The number of amides is 2. The van der Waals surface area contributed by atoms with E-state index in [9.17, 15) is 9.59 Å². The van der Waals surface area contributed by atoms with Crippen molar-refractivity contribution in [3.05, 3.63) is 59.3 Å². The highest BCUT2D eigenvalue weighted by Gasteiger charge is 2.24. The van der Waals surface area contributed by atoms with Gasteiger partial charge in [0.1, 0.15) is 5.82 Å². The van der Waals surface area contributed by atoms with Crippen LogP contribution in [0.3, 0.4) is 0 Å². The molecule has 1 aliphatic heterocycles. The number of carbonyl (C=O) groups is 2. The number of aryl methyl sites for hydroxylation is 1. The van der Waals surface area contributed by atoms with E-state index in [1.165, 1.54) is 11.1 Å². The van der Waals surface area contributed by atoms with Crippen LogP contribution in [0.1, 0.15) is 41.3 Å². The molecule has 0 atom stereocenters. The molecule has 2 N–H and O–H groups in total. The first-order valence-electron chi connectivity index (χ1n) is 10.0. The third kappa shape index (κ3) is 5.94. The summed E-state index contributed by atoms with van der Waals surface area (Å²) in [7, 11) is 0. The van der Waals surface area contributed by atoms with Gasteiger partial charge in [0.25, 0.3) is 5.91 Å². The number of benzene rings is 1. The first-order valence-corrected chi connectivity index (χ1v) is 10.0. The molecule has 1 aromatic carbocycles. The Morgan fingerprint density at radius 1 is 1.14 bits per heavy atom. The van der Waals surface area contributed by atoms with Gasteiger partial charge in [0.05, 0.1) is 12.2 Å². The largest absolute Gasteiger partial charge is 0.450 e. The number of hydrogen-bond acceptors (Lipinski definition) is 5. The molecule has 2 aromatic rings. The maximum Gasteiger partial charge on any atom is 0.409 e. The van der Waals surface area contributed by atoms with Crippen LogP contribution in [0.15, 0.2) is 42.6 Å². The summed E-state index contributed by atoms with van der Waals surface area (Å²) in [6, 6.07) is 12.0. The average molecular weight is 396 g/mol. The molecule has 7 nitrogen and oxygen atoms in total. The summed E-state index contributed by atoms with van der Waals surface area (Å²) < 4.78 is 5.02. The Morgan fingerprint density at radius 3 is 2.48 bits per heavy atom. The first-order chi connectivity index (χ1) is 14.0. The van der Waals surface area contributed by atoms with Crippen LogP contribution in [-0.4, -0.2) is 47.6 Å². The van der Waals surface area contributed by atoms with Crippen molar-refractivity contribution in [1.29, 1.82) is 0 Å². The molecular weight excluding hydrogens is 368 g/mol. The van der Waals surface area contributed by atoms with Gasteiger partial charge in [0.15, 0.2) is 0 Å². The normalized spacial score (nSPS) is 14.3. The fourth-order valence-corrected chi connectivity index (χ4v) is 3.22. The number of likely N-dealkylation sites (tertiary alicyclic amines) is 1. The van der Waals surface area contributed by atoms with E-state index >= 15 is 0 Å². The highest BCUT2D eigenvalue weighted by molar-refractivity contribution is 5.94. The minimum absolute atomic E-state index is 0.0486. The Hall–Kier alpha value is -3.09. The van der Waals surface area contributed by atoms with Crippen LogP contribution in [0.25, 0.3) is 0 Å². The molecule has 0 saturated carbocycles. The van der Waals surface area contributed by atoms with Crippen LogP contribution >= 0.6 is 0 Å². The van der Waals surface area contributed by atoms with Crippen molar-refractivity contribution in [2.75, 3.05) is 25.0 Å². The molecule has 2 heterocycles. The van der Waals surface area contributed by atoms with E-state index in [4.69, 9.17) is 4.74 Å². The van der Waals surface area contributed by atoms with Gasteiger partial charge in [0, 0.05) is 31.9 Å². The van der Waals surface area contributed by atoms with Crippen molar-refractivity contribution in [2.45, 2.75) is 39.3 Å². The molecule has 29 heavy (non-hydrogen) atoms. The van der Waals surface area contributed by atoms with Gasteiger partial charge in [0.2, 0.25) is 0 Å². The monoisotopic (exact) mass is 396 g/mol. The van der Waals surface area contributed by atoms with Gasteiger partial charge in [-0.2, -0.15) is 0 Å². The second-order valence-electron chi connectivity index (χ2n) is 7.20. The Labute approximate surface area is 171 Å². The fourth-order valence-electron chi connectivity index (χ4n) is 3.22. The minimum Gasteiger partial charge on any atom is -0.450 e. The molecule has 0 aliphatic carbocycles. The summed E-state index contributed by atoms with van der Waals surface area (Å²) in [6.07, 6.45) is 2.73. The molecule has 1 fully saturated rings. The smallest absolute Gasteiger partial charge is 0.409 e. The highest BCUT2D eigenvalue weighted by atomic mass is 16.6. The summed E-state index contributed by atoms with van der Waals surface area (Å²) in [6.45, 7) is 6.08. The molecule has 0 unspecified atom stereocenters. The Morgan fingerprint density at radius 2 is 1.86 bits per heavy atom. The summed E-state index contributed by atoms with van der Waals surface area (Å²) in [5, 5.41) is 6.29. The van der Waals surface area contributed by atoms with E-state index < -0.39 is 0 Å². The lowest BCUT2D eigenvalue weighted by molar-refractivity contribution is 0.0860. The molecule has 7 heteroatoms. The van der Waals surface area contributed by atoms with Crippen molar-refractivity contribution in [3.63, 3.8) is 0 Å². The van der Waals surface area contributed by atoms with Gasteiger partial charge in [-0.1, -0.05) is 29.8 Å². The summed E-state index contributed by atoms with van der Waals surface area (Å²) in [5.41, 5.74) is 2.93. The van der Waals surface area contributed by atoms with Crippen molar-refractivity contribution in [2.24, 2.45) is 0 Å². The van der Waals surface area contributed by atoms with Crippen LogP contribution < -0.4 is 10.6 Å². The van der Waals surface area contributed by atoms with Crippen LogP contribution in [0.5, 0.6) is 0 Å². The zero-order valence-electron chi connectivity index (χ0n) is 17.0. The quantitative estimate of drug-likeness (QED) is 0.782. The van der Waals surface area contributed by atoms with Gasteiger partial charge in [-0.3, -0.25) is 4.79 Å². The number of nitrogens with one attached hydrogen (secondary N) is 2. The average Bonchev–Trinajstić information content (AvgIpc) is 2.74. The Kier molecular flexibility index (Phi) is 7.05. The Bertz CT molecular complexity index is 813. The predicted molar refractivity (Wildman–Crippen MR) is 112 cm³/mol. The maximum atomic E-state index is 12.5. The van der Waals surface area contributed by atoms with Gasteiger partial charge in [-0.25, -0.2) is 9.78 Å². The second-order valence-corrected chi connectivity index (χ2v) is 7.20. The molecule has 0 spiro atoms. The SMILES string of the molecule is CCOC(=O)N1CCC(NC(=O)c2ccc(NCc3ccc(C)cc3)nc2)CC1. The van der Waals surface area contributed by atoms with E-state index in [-0.39, 0.29) is 18.0 Å². The van der Waals surface area contributed by atoms with E-state index in [1.807, 2.05) is 6.07 Å². The standard InChI is InChI=1S/C22H28N4O3/c1-3-29-22(28)26-12-10-19(11-13-26)25-21(27)18-8-9-20(24-15-18)23-14-17-6-4-16(2)5-7-17/h4-9,15,19H,3,10-14H2,1-2H3,(H,23,24)(H,25,27). The molecule has 154 valence electrons.